The minimum absolute atomic E-state index is 0.460. The van der Waals surface area contributed by atoms with E-state index in [0.29, 0.717) is 11.6 Å². The molecule has 0 fully saturated rings. The smallest absolute Gasteiger partial charge is 0.215 e. The highest BCUT2D eigenvalue weighted by molar-refractivity contribution is 9.10. The Balaban J connectivity index is 2.57. The number of nitrogens with zero attached hydrogens (tertiary/aromatic N) is 3. The first-order chi connectivity index (χ1) is 8.54. The van der Waals surface area contributed by atoms with E-state index in [1.165, 1.54) is 0 Å². The molecule has 2 heterocycles. The molecule has 0 unspecified atom stereocenters. The Labute approximate surface area is 117 Å². The Morgan fingerprint density at radius 3 is 2.83 bits per heavy atom. The molecule has 6 heteroatoms. The van der Waals surface area contributed by atoms with E-state index >= 15 is 0 Å². The first-order valence-electron chi connectivity index (χ1n) is 5.56. The molecular weight excluding hydrogens is 316 g/mol. The van der Waals surface area contributed by atoms with Gasteiger partial charge in [-0.05, 0) is 40.5 Å². The quantitative estimate of drug-likeness (QED) is 0.747. The van der Waals surface area contributed by atoms with Crippen LogP contribution >= 0.6 is 27.5 Å². The Hall–Kier alpha value is -1.04. The van der Waals surface area contributed by atoms with Crippen molar-refractivity contribution in [3.8, 4) is 0 Å². The number of benzene rings is 1. The van der Waals surface area contributed by atoms with Gasteiger partial charge in [-0.15, -0.1) is 0 Å². The molecule has 0 saturated heterocycles. The van der Waals surface area contributed by atoms with Crippen LogP contribution in [0, 0.1) is 6.92 Å². The molecule has 4 nitrogen and oxygen atoms in total. The summed E-state index contributed by atoms with van der Waals surface area (Å²) in [5, 5.41) is 0.676. The van der Waals surface area contributed by atoms with Gasteiger partial charge < -0.3 is 10.3 Å². The normalized spacial score (nSPS) is 11.8. The van der Waals surface area contributed by atoms with Gasteiger partial charge in [0.15, 0.2) is 0 Å². The summed E-state index contributed by atoms with van der Waals surface area (Å²) in [6.07, 6.45) is 0. The molecule has 2 aromatic heterocycles. The second-order valence-electron chi connectivity index (χ2n) is 4.36. The van der Waals surface area contributed by atoms with Crippen molar-refractivity contribution in [2.45, 2.75) is 13.5 Å². The van der Waals surface area contributed by atoms with Crippen molar-refractivity contribution in [2.75, 3.05) is 0 Å². The van der Waals surface area contributed by atoms with E-state index < -0.39 is 0 Å². The molecule has 0 radical (unpaired) electrons. The third-order valence-corrected chi connectivity index (χ3v) is 4.27. The standard InChI is InChI=1S/C12H12BrClN4/c1-6-3-7(14)10-8(4-6)18-11(13)9(5-15)17(2)12(18)16-10/h3-4H,5,15H2,1-2H3. The molecule has 0 spiro atoms. The van der Waals surface area contributed by atoms with Crippen molar-refractivity contribution in [3.63, 3.8) is 0 Å². The first-order valence-corrected chi connectivity index (χ1v) is 6.73. The Morgan fingerprint density at radius 2 is 2.17 bits per heavy atom. The van der Waals surface area contributed by atoms with E-state index in [-0.39, 0.29) is 0 Å². The van der Waals surface area contributed by atoms with E-state index in [1.807, 2.05) is 29.0 Å². The Morgan fingerprint density at radius 1 is 1.44 bits per heavy atom. The van der Waals surface area contributed by atoms with Crippen LogP contribution in [0.1, 0.15) is 11.3 Å². The van der Waals surface area contributed by atoms with Crippen molar-refractivity contribution in [2.24, 2.45) is 12.8 Å². The van der Waals surface area contributed by atoms with Crippen LogP contribution in [0.4, 0.5) is 0 Å². The maximum atomic E-state index is 6.24. The predicted octanol–water partition coefficient (Wildman–Crippen LogP) is 3.01. The molecule has 3 rings (SSSR count). The zero-order chi connectivity index (χ0) is 13.0. The lowest BCUT2D eigenvalue weighted by Crippen LogP contribution is -2.04. The number of aromatic nitrogens is 3. The summed E-state index contributed by atoms with van der Waals surface area (Å²) in [6, 6.07) is 4.00. The van der Waals surface area contributed by atoms with E-state index in [9.17, 15) is 0 Å². The van der Waals surface area contributed by atoms with E-state index in [2.05, 4.69) is 27.0 Å². The summed E-state index contributed by atoms with van der Waals surface area (Å²) >= 11 is 9.84. The molecule has 0 aliphatic heterocycles. The van der Waals surface area contributed by atoms with Gasteiger partial charge in [0, 0.05) is 13.6 Å². The molecule has 0 aliphatic carbocycles. The monoisotopic (exact) mass is 326 g/mol. The van der Waals surface area contributed by atoms with Crippen LogP contribution in [-0.2, 0) is 13.6 Å². The number of fused-ring (bicyclic) bond motifs is 3. The number of imidazole rings is 2. The largest absolute Gasteiger partial charge is 0.325 e. The summed E-state index contributed by atoms with van der Waals surface area (Å²) in [5.74, 6) is 0.838. The van der Waals surface area contributed by atoms with Crippen molar-refractivity contribution >= 4 is 44.3 Å². The molecule has 0 amide bonds. The predicted molar refractivity (Wildman–Crippen MR) is 77.0 cm³/mol. The highest BCUT2D eigenvalue weighted by Gasteiger charge is 2.18. The summed E-state index contributed by atoms with van der Waals surface area (Å²) < 4.78 is 4.96. The second kappa shape index (κ2) is 3.98. The number of rotatable bonds is 1. The van der Waals surface area contributed by atoms with Gasteiger partial charge in [-0.3, -0.25) is 4.40 Å². The molecule has 0 saturated carbocycles. The lowest BCUT2D eigenvalue weighted by molar-refractivity contribution is 0.836. The number of hydrogen-bond donors (Lipinski definition) is 1. The van der Waals surface area contributed by atoms with Gasteiger partial charge in [0.25, 0.3) is 0 Å². The van der Waals surface area contributed by atoms with Gasteiger partial charge in [0.2, 0.25) is 5.78 Å². The minimum Gasteiger partial charge on any atom is -0.325 e. The van der Waals surface area contributed by atoms with Crippen LogP contribution in [-0.4, -0.2) is 14.0 Å². The van der Waals surface area contributed by atoms with Crippen LogP contribution < -0.4 is 5.73 Å². The van der Waals surface area contributed by atoms with Crippen molar-refractivity contribution in [1.82, 2.24) is 14.0 Å². The number of halogens is 2. The Bertz CT molecular complexity index is 772. The van der Waals surface area contributed by atoms with Crippen LogP contribution in [0.2, 0.25) is 5.02 Å². The van der Waals surface area contributed by atoms with Crippen molar-refractivity contribution < 1.29 is 0 Å². The van der Waals surface area contributed by atoms with Gasteiger partial charge in [0.05, 0.1) is 16.2 Å². The molecule has 0 bridgehead atoms. The fraction of sp³-hybridized carbons (Fsp3) is 0.250. The summed E-state index contributed by atoms with van der Waals surface area (Å²) in [4.78, 5) is 4.59. The highest BCUT2D eigenvalue weighted by atomic mass is 79.9. The maximum absolute atomic E-state index is 6.24. The molecular formula is C12H12BrClN4. The minimum atomic E-state index is 0.460. The second-order valence-corrected chi connectivity index (χ2v) is 5.52. The van der Waals surface area contributed by atoms with Gasteiger partial charge in [-0.25, -0.2) is 4.98 Å². The summed E-state index contributed by atoms with van der Waals surface area (Å²) in [7, 11) is 1.95. The topological polar surface area (TPSA) is 48.2 Å². The van der Waals surface area contributed by atoms with Gasteiger partial charge >= 0.3 is 0 Å². The SMILES string of the molecule is Cc1cc(Cl)c2nc3n(C)c(CN)c(Br)n3c2c1. The molecule has 18 heavy (non-hydrogen) atoms. The van der Waals surface area contributed by atoms with E-state index in [0.717, 1.165) is 32.7 Å². The van der Waals surface area contributed by atoms with Crippen molar-refractivity contribution in [1.29, 1.82) is 0 Å². The van der Waals surface area contributed by atoms with Gasteiger partial charge in [0.1, 0.15) is 10.1 Å². The zero-order valence-electron chi connectivity index (χ0n) is 10.0. The van der Waals surface area contributed by atoms with Crippen LogP contribution in [0.15, 0.2) is 16.7 Å². The van der Waals surface area contributed by atoms with Crippen molar-refractivity contribution in [3.05, 3.63) is 33.0 Å². The molecule has 2 N–H and O–H groups in total. The fourth-order valence-corrected chi connectivity index (χ4v) is 3.37. The third-order valence-electron chi connectivity index (χ3n) is 3.17. The zero-order valence-corrected chi connectivity index (χ0v) is 12.4. The van der Waals surface area contributed by atoms with Crippen LogP contribution in [0.5, 0.6) is 0 Å². The molecule has 3 aromatic rings. The molecule has 1 aromatic carbocycles. The summed E-state index contributed by atoms with van der Waals surface area (Å²) in [5.41, 5.74) is 9.70. The molecule has 0 aliphatic rings. The lowest BCUT2D eigenvalue weighted by atomic mass is 10.2. The highest BCUT2D eigenvalue weighted by Crippen LogP contribution is 2.31. The lowest BCUT2D eigenvalue weighted by Gasteiger charge is -2.00. The van der Waals surface area contributed by atoms with E-state index in [1.54, 1.807) is 0 Å². The van der Waals surface area contributed by atoms with Gasteiger partial charge in [-0.2, -0.15) is 0 Å². The average Bonchev–Trinajstić information content (AvgIpc) is 2.78. The summed E-state index contributed by atoms with van der Waals surface area (Å²) in [6.45, 7) is 2.48. The third kappa shape index (κ3) is 1.44. The number of nitrogens with two attached hydrogens (primary N) is 1. The maximum Gasteiger partial charge on any atom is 0.215 e. The van der Waals surface area contributed by atoms with E-state index in [4.69, 9.17) is 17.3 Å². The number of aryl methyl sites for hydroxylation is 2. The van der Waals surface area contributed by atoms with Gasteiger partial charge in [-0.1, -0.05) is 11.6 Å². The molecule has 94 valence electrons. The molecule has 0 atom stereocenters. The van der Waals surface area contributed by atoms with Crippen LogP contribution in [0.25, 0.3) is 16.8 Å². The first kappa shape index (κ1) is 12.0. The fourth-order valence-electron chi connectivity index (χ4n) is 2.28. The number of hydrogen-bond acceptors (Lipinski definition) is 2. The Kier molecular flexibility index (Phi) is 2.66. The average molecular weight is 328 g/mol. The van der Waals surface area contributed by atoms with Crippen LogP contribution in [0.3, 0.4) is 0 Å².